The molecule has 5 nitrogen and oxygen atoms in total. The first-order chi connectivity index (χ1) is 14.8. The Morgan fingerprint density at radius 3 is 2.58 bits per heavy atom. The van der Waals surface area contributed by atoms with Crippen LogP contribution < -0.4 is 0 Å². The number of carbonyl (C=O) groups is 1. The van der Waals surface area contributed by atoms with E-state index < -0.39 is 0 Å². The number of carbonyl (C=O) groups excluding carboxylic acids is 1. The fourth-order valence-corrected chi connectivity index (χ4v) is 4.74. The predicted molar refractivity (Wildman–Crippen MR) is 125 cm³/mol. The molecule has 4 rings (SSSR count). The number of H-pyrrole nitrogens is 1. The number of nitrogens with one attached hydrogen (secondary N) is 1. The normalized spacial score (nSPS) is 19.9. The monoisotopic (exact) mass is 416 g/mol. The maximum absolute atomic E-state index is 13.4. The molecule has 1 aliphatic heterocycles. The Morgan fingerprint density at radius 2 is 1.90 bits per heavy atom. The summed E-state index contributed by atoms with van der Waals surface area (Å²) in [6, 6.07) is 8.31. The Labute approximate surface area is 185 Å². The number of allylic oxidation sites excluding steroid dienone is 3. The smallest absolute Gasteiger partial charge is 0.169 e. The molecule has 1 fully saturated rings. The quantitative estimate of drug-likeness (QED) is 0.767. The summed E-state index contributed by atoms with van der Waals surface area (Å²) < 4.78 is 0. The standard InChI is InChI=1S/C26H32N4O/c1-18(2)29-12-14-30(15-13-29)20-6-5-11-26(3,4)25-24(23(31)10-8-20)21-9-7-19(17-27)16-22(21)28-25/h5-9,16,18,28H,10-15H2,1-4H3. The molecule has 2 heterocycles. The third kappa shape index (κ3) is 4.18. The molecular formula is C26H32N4O. The zero-order valence-corrected chi connectivity index (χ0v) is 19.0. The van der Waals surface area contributed by atoms with Crippen molar-refractivity contribution in [2.75, 3.05) is 26.2 Å². The Balaban J connectivity index is 1.69. The Bertz CT molecular complexity index is 1090. The Kier molecular flexibility index (Phi) is 5.77. The minimum atomic E-state index is -0.216. The fourth-order valence-electron chi connectivity index (χ4n) is 4.74. The van der Waals surface area contributed by atoms with Crippen molar-refractivity contribution in [3.63, 3.8) is 0 Å². The van der Waals surface area contributed by atoms with Crippen LogP contribution in [-0.2, 0) is 5.41 Å². The Morgan fingerprint density at radius 1 is 1.16 bits per heavy atom. The summed E-state index contributed by atoms with van der Waals surface area (Å²) in [6.07, 6.45) is 7.73. The van der Waals surface area contributed by atoms with Gasteiger partial charge in [-0.1, -0.05) is 32.1 Å². The highest BCUT2D eigenvalue weighted by Crippen LogP contribution is 2.36. The number of aromatic nitrogens is 1. The maximum atomic E-state index is 13.4. The minimum absolute atomic E-state index is 0.132. The fraction of sp³-hybridized carbons (Fsp3) is 0.462. The highest BCUT2D eigenvalue weighted by atomic mass is 16.1. The number of fused-ring (bicyclic) bond motifs is 3. The van der Waals surface area contributed by atoms with Gasteiger partial charge in [0.05, 0.1) is 11.6 Å². The predicted octanol–water partition coefficient (Wildman–Crippen LogP) is 4.76. The zero-order chi connectivity index (χ0) is 22.2. The van der Waals surface area contributed by atoms with Crippen molar-refractivity contribution < 1.29 is 4.79 Å². The van der Waals surface area contributed by atoms with E-state index >= 15 is 0 Å². The van der Waals surface area contributed by atoms with Gasteiger partial charge in [0.1, 0.15) is 0 Å². The summed E-state index contributed by atoms with van der Waals surface area (Å²) in [5.74, 6) is 0.132. The summed E-state index contributed by atoms with van der Waals surface area (Å²) in [4.78, 5) is 21.8. The van der Waals surface area contributed by atoms with Crippen LogP contribution in [0.1, 0.15) is 62.2 Å². The van der Waals surface area contributed by atoms with Crippen molar-refractivity contribution in [2.45, 2.75) is 52.0 Å². The van der Waals surface area contributed by atoms with Crippen molar-refractivity contribution in [1.29, 1.82) is 5.26 Å². The summed E-state index contributed by atoms with van der Waals surface area (Å²) in [5.41, 5.74) is 4.15. The molecule has 1 saturated heterocycles. The van der Waals surface area contributed by atoms with E-state index in [-0.39, 0.29) is 11.2 Å². The second kappa shape index (κ2) is 8.36. The van der Waals surface area contributed by atoms with Gasteiger partial charge in [0.2, 0.25) is 0 Å². The van der Waals surface area contributed by atoms with Crippen LogP contribution in [0.15, 0.2) is 42.1 Å². The number of nitrogens with zero attached hydrogens (tertiary/aromatic N) is 3. The van der Waals surface area contributed by atoms with E-state index in [1.54, 1.807) is 6.07 Å². The van der Waals surface area contributed by atoms with Crippen LogP contribution >= 0.6 is 0 Å². The van der Waals surface area contributed by atoms with Crippen molar-refractivity contribution in [1.82, 2.24) is 14.8 Å². The summed E-state index contributed by atoms with van der Waals surface area (Å²) in [6.45, 7) is 12.9. The molecule has 0 spiro atoms. The van der Waals surface area contributed by atoms with E-state index in [2.05, 4.69) is 66.8 Å². The van der Waals surface area contributed by atoms with Gasteiger partial charge in [0.15, 0.2) is 5.78 Å². The third-order valence-electron chi connectivity index (χ3n) is 6.71. The van der Waals surface area contributed by atoms with E-state index in [9.17, 15) is 10.1 Å². The van der Waals surface area contributed by atoms with Gasteiger partial charge in [0, 0.05) is 71.9 Å². The number of nitriles is 1. The molecule has 5 heteroatoms. The van der Waals surface area contributed by atoms with Gasteiger partial charge in [0.25, 0.3) is 0 Å². The molecule has 0 atom stereocenters. The minimum Gasteiger partial charge on any atom is -0.369 e. The lowest BCUT2D eigenvalue weighted by molar-refractivity contribution is 0.0993. The number of benzene rings is 1. The number of Topliss-reactive ketones (excluding diaryl/α,β-unsaturated/α-hetero) is 1. The van der Waals surface area contributed by atoms with Gasteiger partial charge in [-0.2, -0.15) is 5.26 Å². The van der Waals surface area contributed by atoms with Crippen LogP contribution in [0.25, 0.3) is 10.9 Å². The van der Waals surface area contributed by atoms with Gasteiger partial charge >= 0.3 is 0 Å². The SMILES string of the molecule is CC(C)N1CCN(C2=CCC(=O)c3c([nH]c4cc(C#N)ccc34)C(C)(C)CC=C2)CC1. The van der Waals surface area contributed by atoms with Crippen LogP contribution in [0.2, 0.25) is 0 Å². The lowest BCUT2D eigenvalue weighted by atomic mass is 9.81. The maximum Gasteiger partial charge on any atom is 0.169 e. The van der Waals surface area contributed by atoms with E-state index in [4.69, 9.17) is 0 Å². The van der Waals surface area contributed by atoms with Crippen LogP contribution in [0.3, 0.4) is 0 Å². The largest absolute Gasteiger partial charge is 0.369 e. The van der Waals surface area contributed by atoms with Crippen LogP contribution in [-0.4, -0.2) is 52.8 Å². The zero-order valence-electron chi connectivity index (χ0n) is 19.0. The molecule has 0 saturated carbocycles. The van der Waals surface area contributed by atoms with E-state index in [0.717, 1.165) is 60.5 Å². The number of piperazine rings is 1. The number of hydrogen-bond donors (Lipinski definition) is 1. The van der Waals surface area contributed by atoms with Crippen LogP contribution in [0.4, 0.5) is 0 Å². The average Bonchev–Trinajstić information content (AvgIpc) is 3.15. The molecule has 1 aromatic carbocycles. The van der Waals surface area contributed by atoms with Crippen molar-refractivity contribution in [2.24, 2.45) is 0 Å². The second-order valence-corrected chi connectivity index (χ2v) is 9.61. The molecule has 1 aromatic heterocycles. The number of hydrogen-bond acceptors (Lipinski definition) is 4. The molecule has 0 radical (unpaired) electrons. The molecule has 2 aromatic rings. The first-order valence-electron chi connectivity index (χ1n) is 11.3. The second-order valence-electron chi connectivity index (χ2n) is 9.61. The van der Waals surface area contributed by atoms with Crippen molar-refractivity contribution in [3.05, 3.63) is 58.9 Å². The molecule has 2 aliphatic rings. The van der Waals surface area contributed by atoms with Crippen molar-refractivity contribution >= 4 is 16.7 Å². The molecule has 0 bridgehead atoms. The lowest BCUT2D eigenvalue weighted by Gasteiger charge is -2.38. The van der Waals surface area contributed by atoms with Gasteiger partial charge in [-0.25, -0.2) is 0 Å². The summed E-state index contributed by atoms with van der Waals surface area (Å²) in [5, 5.41) is 10.2. The molecule has 0 unspecified atom stereocenters. The van der Waals surface area contributed by atoms with Crippen molar-refractivity contribution in [3.8, 4) is 6.07 Å². The molecular weight excluding hydrogens is 384 g/mol. The molecule has 31 heavy (non-hydrogen) atoms. The lowest BCUT2D eigenvalue weighted by Crippen LogP contribution is -2.48. The molecule has 1 aliphatic carbocycles. The van der Waals surface area contributed by atoms with Gasteiger partial charge in [-0.3, -0.25) is 9.69 Å². The van der Waals surface area contributed by atoms with E-state index in [1.165, 1.54) is 0 Å². The Hall–Kier alpha value is -2.84. The van der Waals surface area contributed by atoms with Gasteiger partial charge in [-0.05, 0) is 38.5 Å². The highest BCUT2D eigenvalue weighted by molar-refractivity contribution is 6.10. The molecule has 0 amide bonds. The molecule has 1 N–H and O–H groups in total. The number of aromatic amines is 1. The van der Waals surface area contributed by atoms with Crippen LogP contribution in [0.5, 0.6) is 0 Å². The van der Waals surface area contributed by atoms with Gasteiger partial charge < -0.3 is 9.88 Å². The summed E-state index contributed by atoms with van der Waals surface area (Å²) in [7, 11) is 0. The van der Waals surface area contributed by atoms with Crippen LogP contribution in [0, 0.1) is 11.3 Å². The first kappa shape index (κ1) is 21.4. The molecule has 162 valence electrons. The highest BCUT2D eigenvalue weighted by Gasteiger charge is 2.30. The van der Waals surface area contributed by atoms with E-state index in [1.807, 2.05) is 12.1 Å². The van der Waals surface area contributed by atoms with Gasteiger partial charge in [-0.15, -0.1) is 0 Å². The topological polar surface area (TPSA) is 63.1 Å². The third-order valence-corrected chi connectivity index (χ3v) is 6.71. The first-order valence-corrected chi connectivity index (χ1v) is 11.3. The summed E-state index contributed by atoms with van der Waals surface area (Å²) >= 11 is 0. The number of rotatable bonds is 2. The average molecular weight is 417 g/mol. The number of ketones is 1. The van der Waals surface area contributed by atoms with E-state index in [0.29, 0.717) is 18.0 Å².